The average molecular weight is 474 g/mol. The number of benzene rings is 1. The Bertz CT molecular complexity index is 1110. The largest absolute Gasteiger partial charge is 0.468 e. The first-order valence-corrected chi connectivity index (χ1v) is 12.7. The maximum absolute atomic E-state index is 13.2. The summed E-state index contributed by atoms with van der Waals surface area (Å²) in [6.07, 6.45) is 4.00. The van der Waals surface area contributed by atoms with Crippen molar-refractivity contribution >= 4 is 23.1 Å². The Kier molecular flexibility index (Phi) is 7.04. The minimum absolute atomic E-state index is 0.106. The molecular weight excluding hydrogens is 438 g/mol. The third kappa shape index (κ3) is 5.68. The van der Waals surface area contributed by atoms with E-state index < -0.39 is 0 Å². The lowest BCUT2D eigenvalue weighted by atomic mass is 9.99. The molecule has 2 aliphatic rings. The van der Waals surface area contributed by atoms with Crippen molar-refractivity contribution in [2.45, 2.75) is 33.2 Å². The summed E-state index contributed by atoms with van der Waals surface area (Å²) >= 11 is 0. The molecule has 0 saturated carbocycles. The second-order valence-electron chi connectivity index (χ2n) is 9.84. The van der Waals surface area contributed by atoms with Gasteiger partial charge in [-0.3, -0.25) is 9.69 Å². The van der Waals surface area contributed by atoms with Crippen molar-refractivity contribution in [2.24, 2.45) is 5.92 Å². The highest BCUT2D eigenvalue weighted by Crippen LogP contribution is 2.26. The van der Waals surface area contributed by atoms with Gasteiger partial charge in [0.1, 0.15) is 11.6 Å². The SMILES string of the molecule is Cc1ccc(C(=O)Nc2ccc(N3CCN(Cc4ccco4)CC3)cc2)c(N2CCC(C)CC2)n1. The van der Waals surface area contributed by atoms with Crippen molar-refractivity contribution in [2.75, 3.05) is 54.4 Å². The number of nitrogens with one attached hydrogen (secondary N) is 1. The summed E-state index contributed by atoms with van der Waals surface area (Å²) in [6.45, 7) is 11.0. The van der Waals surface area contributed by atoms with Crippen molar-refractivity contribution in [3.63, 3.8) is 0 Å². The molecule has 5 rings (SSSR count). The Morgan fingerprint density at radius 2 is 1.71 bits per heavy atom. The van der Waals surface area contributed by atoms with Crippen LogP contribution in [-0.2, 0) is 6.54 Å². The molecule has 2 aromatic heterocycles. The van der Waals surface area contributed by atoms with Crippen LogP contribution in [0, 0.1) is 12.8 Å². The molecule has 0 atom stereocenters. The summed E-state index contributed by atoms with van der Waals surface area (Å²) in [4.78, 5) is 25.0. The van der Waals surface area contributed by atoms with Crippen LogP contribution in [0.15, 0.2) is 59.2 Å². The lowest BCUT2D eigenvalue weighted by Crippen LogP contribution is -2.45. The number of aryl methyl sites for hydroxylation is 1. The fraction of sp³-hybridized carbons (Fsp3) is 0.429. The van der Waals surface area contributed by atoms with Gasteiger partial charge in [0.2, 0.25) is 0 Å². The lowest BCUT2D eigenvalue weighted by Gasteiger charge is -2.35. The summed E-state index contributed by atoms with van der Waals surface area (Å²) in [5.74, 6) is 2.44. The van der Waals surface area contributed by atoms with E-state index in [1.165, 1.54) is 5.69 Å². The number of pyridine rings is 1. The van der Waals surface area contributed by atoms with Crippen LogP contribution in [0.4, 0.5) is 17.2 Å². The Morgan fingerprint density at radius 3 is 2.40 bits per heavy atom. The Balaban J connectivity index is 1.20. The van der Waals surface area contributed by atoms with Gasteiger partial charge in [0, 0.05) is 56.3 Å². The third-order valence-electron chi connectivity index (χ3n) is 7.16. The molecule has 7 nitrogen and oxygen atoms in total. The van der Waals surface area contributed by atoms with E-state index in [4.69, 9.17) is 9.40 Å². The first-order valence-electron chi connectivity index (χ1n) is 12.7. The number of nitrogens with zero attached hydrogens (tertiary/aromatic N) is 4. The minimum Gasteiger partial charge on any atom is -0.468 e. The maximum atomic E-state index is 13.2. The van der Waals surface area contributed by atoms with Gasteiger partial charge in [0.25, 0.3) is 5.91 Å². The number of amides is 1. The topological polar surface area (TPSA) is 64.9 Å². The van der Waals surface area contributed by atoms with Gasteiger partial charge in [-0.2, -0.15) is 0 Å². The Hall–Kier alpha value is -3.32. The van der Waals surface area contributed by atoms with Crippen LogP contribution in [0.1, 0.15) is 41.6 Å². The zero-order chi connectivity index (χ0) is 24.2. The van der Waals surface area contributed by atoms with Gasteiger partial charge in [-0.25, -0.2) is 4.98 Å². The number of piperidine rings is 1. The molecule has 7 heteroatoms. The molecule has 4 heterocycles. The van der Waals surface area contributed by atoms with Crippen LogP contribution in [0.2, 0.25) is 0 Å². The highest BCUT2D eigenvalue weighted by atomic mass is 16.3. The van der Waals surface area contributed by atoms with Gasteiger partial charge in [0.05, 0.1) is 18.4 Å². The van der Waals surface area contributed by atoms with E-state index >= 15 is 0 Å². The number of aromatic nitrogens is 1. The van der Waals surface area contributed by atoms with Gasteiger partial charge in [-0.15, -0.1) is 0 Å². The van der Waals surface area contributed by atoms with Gasteiger partial charge in [0.15, 0.2) is 0 Å². The fourth-order valence-corrected chi connectivity index (χ4v) is 4.92. The van der Waals surface area contributed by atoms with Gasteiger partial charge < -0.3 is 19.5 Å². The minimum atomic E-state index is -0.106. The van der Waals surface area contributed by atoms with Crippen LogP contribution >= 0.6 is 0 Å². The van der Waals surface area contributed by atoms with Crippen LogP contribution in [0.5, 0.6) is 0 Å². The van der Waals surface area contributed by atoms with Crippen LogP contribution in [-0.4, -0.2) is 55.1 Å². The number of rotatable bonds is 6. The van der Waals surface area contributed by atoms with E-state index in [1.54, 1.807) is 6.26 Å². The number of carbonyl (C=O) groups excluding carboxylic acids is 1. The van der Waals surface area contributed by atoms with Crippen LogP contribution in [0.3, 0.4) is 0 Å². The standard InChI is InChI=1S/C28H35N5O2/c1-21-11-13-33(14-12-21)27-26(10-5-22(2)29-27)28(34)30-23-6-8-24(9-7-23)32-17-15-31(16-18-32)20-25-4-3-19-35-25/h3-10,19,21H,11-18,20H2,1-2H3,(H,30,34). The van der Waals surface area contributed by atoms with E-state index in [0.29, 0.717) is 5.56 Å². The summed E-state index contributed by atoms with van der Waals surface area (Å²) in [6, 6.07) is 16.0. The van der Waals surface area contributed by atoms with Crippen LogP contribution in [0.25, 0.3) is 0 Å². The number of hydrogen-bond donors (Lipinski definition) is 1. The number of carbonyl (C=O) groups is 1. The summed E-state index contributed by atoms with van der Waals surface area (Å²) in [7, 11) is 0. The average Bonchev–Trinajstić information content (AvgIpc) is 3.38. The Labute approximate surface area is 207 Å². The van der Waals surface area contributed by atoms with E-state index in [9.17, 15) is 4.79 Å². The van der Waals surface area contributed by atoms with E-state index in [0.717, 1.165) is 87.5 Å². The van der Waals surface area contributed by atoms with E-state index in [2.05, 4.69) is 39.1 Å². The lowest BCUT2D eigenvalue weighted by molar-refractivity contribution is 0.102. The molecule has 0 bridgehead atoms. The first-order chi connectivity index (χ1) is 17.0. The number of furan rings is 1. The molecule has 2 aliphatic heterocycles. The van der Waals surface area contributed by atoms with Crippen molar-refractivity contribution in [1.29, 1.82) is 0 Å². The highest BCUT2D eigenvalue weighted by molar-refractivity contribution is 6.07. The molecule has 2 fully saturated rings. The van der Waals surface area contributed by atoms with Gasteiger partial charge in [-0.05, 0) is 74.2 Å². The number of hydrogen-bond acceptors (Lipinski definition) is 6. The van der Waals surface area contributed by atoms with Gasteiger partial charge >= 0.3 is 0 Å². The zero-order valence-corrected chi connectivity index (χ0v) is 20.7. The smallest absolute Gasteiger partial charge is 0.259 e. The molecule has 35 heavy (non-hydrogen) atoms. The molecule has 184 valence electrons. The van der Waals surface area contributed by atoms with E-state index in [1.807, 2.05) is 43.3 Å². The molecule has 0 unspecified atom stereocenters. The second kappa shape index (κ2) is 10.5. The van der Waals surface area contributed by atoms with Crippen molar-refractivity contribution in [3.05, 3.63) is 71.8 Å². The molecule has 1 N–H and O–H groups in total. The molecule has 0 radical (unpaired) electrons. The molecule has 1 aromatic carbocycles. The normalized spacial score (nSPS) is 17.5. The van der Waals surface area contributed by atoms with Crippen molar-refractivity contribution in [3.8, 4) is 0 Å². The third-order valence-corrected chi connectivity index (χ3v) is 7.16. The molecule has 1 amide bonds. The second-order valence-corrected chi connectivity index (χ2v) is 9.84. The fourth-order valence-electron chi connectivity index (χ4n) is 4.92. The van der Waals surface area contributed by atoms with Gasteiger partial charge in [-0.1, -0.05) is 6.92 Å². The quantitative estimate of drug-likeness (QED) is 0.555. The predicted octanol–water partition coefficient (Wildman–Crippen LogP) is 4.79. The monoisotopic (exact) mass is 473 g/mol. The molecule has 0 spiro atoms. The summed E-state index contributed by atoms with van der Waals surface area (Å²) in [5, 5.41) is 3.09. The van der Waals surface area contributed by atoms with Crippen molar-refractivity contribution < 1.29 is 9.21 Å². The molecular formula is C28H35N5O2. The number of piperazine rings is 1. The maximum Gasteiger partial charge on any atom is 0.259 e. The summed E-state index contributed by atoms with van der Waals surface area (Å²) in [5.41, 5.74) is 3.56. The molecule has 0 aliphatic carbocycles. The number of anilines is 3. The zero-order valence-electron chi connectivity index (χ0n) is 20.7. The predicted molar refractivity (Wildman–Crippen MR) is 140 cm³/mol. The first kappa shape index (κ1) is 23.4. The molecule has 3 aromatic rings. The van der Waals surface area contributed by atoms with Crippen LogP contribution < -0.4 is 15.1 Å². The van der Waals surface area contributed by atoms with Crippen molar-refractivity contribution in [1.82, 2.24) is 9.88 Å². The Morgan fingerprint density at radius 1 is 0.971 bits per heavy atom. The summed E-state index contributed by atoms with van der Waals surface area (Å²) < 4.78 is 5.48. The highest BCUT2D eigenvalue weighted by Gasteiger charge is 2.23. The molecule has 2 saturated heterocycles. The van der Waals surface area contributed by atoms with E-state index in [-0.39, 0.29) is 5.91 Å².